The highest BCUT2D eigenvalue weighted by molar-refractivity contribution is 7.80. The van der Waals surface area contributed by atoms with Crippen LogP contribution in [0.5, 0.6) is 0 Å². The van der Waals surface area contributed by atoms with Crippen molar-refractivity contribution in [2.45, 2.75) is 12.1 Å². The average Bonchev–Trinajstić information content (AvgIpc) is 3.59. The van der Waals surface area contributed by atoms with E-state index >= 15 is 0 Å². The number of methoxy groups -OCH3 is 1. The predicted octanol–water partition coefficient (Wildman–Crippen LogP) is 6.44. The average molecular weight is 568 g/mol. The maximum absolute atomic E-state index is 12.1. The number of carbonyl (C=O) groups excluding carboxylic acids is 1. The molecule has 7 nitrogen and oxygen atoms in total. The number of anilines is 2. The third kappa shape index (κ3) is 4.93. The summed E-state index contributed by atoms with van der Waals surface area (Å²) in [6, 6.07) is 29.8. The minimum atomic E-state index is -0.281. The molecule has 2 aromatic heterocycles. The molecule has 0 unspecified atom stereocenters. The zero-order chi connectivity index (χ0) is 27.6. The van der Waals surface area contributed by atoms with E-state index in [2.05, 4.69) is 67.7 Å². The van der Waals surface area contributed by atoms with E-state index < -0.39 is 0 Å². The van der Waals surface area contributed by atoms with Gasteiger partial charge in [0.1, 0.15) is 12.6 Å². The number of aromatic nitrogens is 2. The number of fused-ring (bicyclic) bond motifs is 1. The monoisotopic (exact) mass is 567 g/mol. The number of hydrogen-bond acceptors (Lipinski definition) is 4. The summed E-state index contributed by atoms with van der Waals surface area (Å²) in [6.07, 6.45) is 3.85. The van der Waals surface area contributed by atoms with Crippen LogP contribution in [-0.2, 0) is 9.53 Å². The number of rotatable bonds is 7. The van der Waals surface area contributed by atoms with Gasteiger partial charge in [-0.3, -0.25) is 9.78 Å². The Balaban J connectivity index is 1.44. The number of halogens is 1. The van der Waals surface area contributed by atoms with E-state index in [9.17, 15) is 4.79 Å². The van der Waals surface area contributed by atoms with Gasteiger partial charge in [0.2, 0.25) is 5.91 Å². The highest BCUT2D eigenvalue weighted by atomic mass is 35.5. The molecule has 40 heavy (non-hydrogen) atoms. The molecule has 3 aromatic carbocycles. The molecular weight excluding hydrogens is 542 g/mol. The molecule has 1 saturated heterocycles. The van der Waals surface area contributed by atoms with Gasteiger partial charge in [0, 0.05) is 36.6 Å². The van der Waals surface area contributed by atoms with Crippen molar-refractivity contribution in [1.29, 1.82) is 0 Å². The van der Waals surface area contributed by atoms with E-state index in [-0.39, 0.29) is 24.6 Å². The van der Waals surface area contributed by atoms with E-state index in [0.717, 1.165) is 28.1 Å². The van der Waals surface area contributed by atoms with Crippen LogP contribution in [0, 0.1) is 0 Å². The fourth-order valence-corrected chi connectivity index (χ4v) is 5.77. The van der Waals surface area contributed by atoms with Crippen molar-refractivity contribution in [2.75, 3.05) is 23.9 Å². The number of thiocarbonyl (C=S) groups is 1. The molecule has 1 amide bonds. The van der Waals surface area contributed by atoms with E-state index in [1.807, 2.05) is 48.5 Å². The number of hydrogen-bond donors (Lipinski definition) is 2. The van der Waals surface area contributed by atoms with Crippen molar-refractivity contribution in [2.24, 2.45) is 0 Å². The van der Waals surface area contributed by atoms with Crippen LogP contribution in [0.15, 0.2) is 103 Å². The van der Waals surface area contributed by atoms with Gasteiger partial charge in [0.05, 0.1) is 22.4 Å². The lowest BCUT2D eigenvalue weighted by Gasteiger charge is -2.29. The summed E-state index contributed by atoms with van der Waals surface area (Å²) in [7, 11) is 1.47. The summed E-state index contributed by atoms with van der Waals surface area (Å²) in [5.74, 6) is -0.281. The zero-order valence-corrected chi connectivity index (χ0v) is 23.2. The molecule has 1 fully saturated rings. The summed E-state index contributed by atoms with van der Waals surface area (Å²) in [6.45, 7) is -0.0577. The molecule has 1 aliphatic heterocycles. The van der Waals surface area contributed by atoms with Crippen molar-refractivity contribution in [1.82, 2.24) is 14.9 Å². The molecule has 0 saturated carbocycles. The first kappa shape index (κ1) is 26.0. The fourth-order valence-electron chi connectivity index (χ4n) is 5.20. The Labute approximate surface area is 242 Å². The van der Waals surface area contributed by atoms with Crippen LogP contribution in [0.1, 0.15) is 23.5 Å². The third-order valence-electron chi connectivity index (χ3n) is 6.97. The molecule has 0 spiro atoms. The second-order valence-corrected chi connectivity index (χ2v) is 10.3. The normalized spacial score (nSPS) is 16.8. The number of ether oxygens (including phenoxy) is 1. The van der Waals surface area contributed by atoms with Gasteiger partial charge in [0.15, 0.2) is 5.11 Å². The van der Waals surface area contributed by atoms with Crippen molar-refractivity contribution in [3.8, 4) is 5.69 Å². The van der Waals surface area contributed by atoms with Crippen LogP contribution in [0.2, 0.25) is 5.02 Å². The van der Waals surface area contributed by atoms with Crippen LogP contribution < -0.4 is 15.5 Å². The van der Waals surface area contributed by atoms with Crippen molar-refractivity contribution >= 4 is 57.0 Å². The highest BCUT2D eigenvalue weighted by Gasteiger charge is 2.42. The summed E-state index contributed by atoms with van der Waals surface area (Å²) in [4.78, 5) is 18.8. The first-order valence-electron chi connectivity index (χ1n) is 12.8. The Morgan fingerprint density at radius 1 is 1.00 bits per heavy atom. The Bertz CT molecular complexity index is 1710. The molecular formula is C31H26ClN5O2S. The topological polar surface area (TPSA) is 71.4 Å². The van der Waals surface area contributed by atoms with E-state index in [0.29, 0.717) is 15.8 Å². The fraction of sp³-hybridized carbons (Fsp3) is 0.129. The number of pyridine rings is 1. The molecule has 6 rings (SSSR count). The summed E-state index contributed by atoms with van der Waals surface area (Å²) in [5.41, 5.74) is 4.25. The van der Waals surface area contributed by atoms with Gasteiger partial charge in [-0.15, -0.1) is 0 Å². The standard InChI is InChI=1S/C31H26ClN5O2S/c1-39-19-28(38)34-25-14-13-23(18-24(25)32)37-30(29(35-31(37)40)26-9-4-5-15-33-26)27-10-6-16-36(27)22-12-11-20-7-2-3-8-21(20)17-22/h2-18,29-30H,19H2,1H3,(H,34,38)(H,35,40)/t29-,30+/m1/s1. The minimum Gasteiger partial charge on any atom is -0.375 e. The molecule has 0 radical (unpaired) electrons. The summed E-state index contributed by atoms with van der Waals surface area (Å²) in [5, 5.41) is 9.58. The summed E-state index contributed by atoms with van der Waals surface area (Å²) < 4.78 is 7.11. The molecule has 1 aliphatic rings. The van der Waals surface area contributed by atoms with E-state index in [1.54, 1.807) is 12.3 Å². The number of benzene rings is 3. The Morgan fingerprint density at radius 2 is 1.80 bits per heavy atom. The Kier molecular flexibility index (Phi) is 7.21. The van der Waals surface area contributed by atoms with Gasteiger partial charge < -0.3 is 24.8 Å². The maximum atomic E-state index is 12.1. The van der Waals surface area contributed by atoms with Crippen LogP contribution in [0.4, 0.5) is 11.4 Å². The summed E-state index contributed by atoms with van der Waals surface area (Å²) >= 11 is 12.5. The first-order chi connectivity index (χ1) is 19.5. The van der Waals surface area contributed by atoms with E-state index in [4.69, 9.17) is 28.6 Å². The SMILES string of the molecule is COCC(=O)Nc1ccc(N2C(=S)N[C@H](c3ccccn3)[C@@H]2c2cccn2-c2ccc3ccccc3c2)cc1Cl. The molecule has 200 valence electrons. The van der Waals surface area contributed by atoms with Gasteiger partial charge in [-0.2, -0.15) is 0 Å². The zero-order valence-electron chi connectivity index (χ0n) is 21.6. The third-order valence-corrected chi connectivity index (χ3v) is 7.60. The Hall–Kier alpha value is -4.24. The van der Waals surface area contributed by atoms with E-state index in [1.165, 1.54) is 12.5 Å². The van der Waals surface area contributed by atoms with Crippen LogP contribution >= 0.6 is 23.8 Å². The predicted molar refractivity (Wildman–Crippen MR) is 163 cm³/mol. The number of amides is 1. The van der Waals surface area contributed by atoms with Crippen molar-refractivity contribution < 1.29 is 9.53 Å². The minimum absolute atomic E-state index is 0.0577. The highest BCUT2D eigenvalue weighted by Crippen LogP contribution is 2.43. The second-order valence-electron chi connectivity index (χ2n) is 9.48. The Morgan fingerprint density at radius 3 is 2.58 bits per heavy atom. The molecule has 0 aliphatic carbocycles. The molecule has 2 atom stereocenters. The van der Waals surface area contributed by atoms with Gasteiger partial charge in [-0.05, 0) is 77.6 Å². The number of nitrogens with zero attached hydrogens (tertiary/aromatic N) is 3. The van der Waals surface area contributed by atoms with Crippen LogP contribution in [0.3, 0.4) is 0 Å². The second kappa shape index (κ2) is 11.1. The van der Waals surface area contributed by atoms with Gasteiger partial charge >= 0.3 is 0 Å². The van der Waals surface area contributed by atoms with Gasteiger partial charge in [0.25, 0.3) is 0 Å². The molecule has 5 aromatic rings. The molecule has 3 heterocycles. The quantitative estimate of drug-likeness (QED) is 0.221. The number of nitrogens with one attached hydrogen (secondary N) is 2. The van der Waals surface area contributed by atoms with Gasteiger partial charge in [-0.25, -0.2) is 0 Å². The largest absolute Gasteiger partial charge is 0.375 e. The lowest BCUT2D eigenvalue weighted by Crippen LogP contribution is -2.30. The van der Waals surface area contributed by atoms with Crippen LogP contribution in [-0.4, -0.2) is 34.3 Å². The molecule has 2 N–H and O–H groups in total. The number of carbonyl (C=O) groups is 1. The maximum Gasteiger partial charge on any atom is 0.250 e. The van der Waals surface area contributed by atoms with Crippen LogP contribution in [0.25, 0.3) is 16.5 Å². The van der Waals surface area contributed by atoms with Gasteiger partial charge in [-0.1, -0.05) is 48.0 Å². The lowest BCUT2D eigenvalue weighted by atomic mass is 10.0. The molecule has 9 heteroatoms. The lowest BCUT2D eigenvalue weighted by molar-refractivity contribution is -0.119. The smallest absolute Gasteiger partial charge is 0.250 e. The molecule has 0 bridgehead atoms. The first-order valence-corrected chi connectivity index (χ1v) is 13.6. The van der Waals surface area contributed by atoms with Crippen molar-refractivity contribution in [3.63, 3.8) is 0 Å². The van der Waals surface area contributed by atoms with Crippen molar-refractivity contribution in [3.05, 3.63) is 120 Å².